The Balaban J connectivity index is 0. The molecule has 0 bridgehead atoms. The number of carbonyl (C=O) groups excluding carboxylic acids is 2. The number of halogens is 1. The average molecular weight is 274 g/mol. The quantitative estimate of drug-likeness (QED) is 0.336. The Morgan fingerprint density at radius 1 is 1.55 bits per heavy atom. The molecule has 11 heavy (non-hydrogen) atoms. The molecule has 0 aliphatic carbocycles. The zero-order valence-corrected chi connectivity index (χ0v) is 11.0. The topological polar surface area (TPSA) is 43.4 Å². The summed E-state index contributed by atoms with van der Waals surface area (Å²) in [7, 11) is 0. The van der Waals surface area contributed by atoms with Gasteiger partial charge in [0, 0.05) is 5.78 Å². The van der Waals surface area contributed by atoms with E-state index in [-0.39, 0.29) is 6.42 Å². The van der Waals surface area contributed by atoms with Crippen molar-refractivity contribution in [2.24, 2.45) is 0 Å². The van der Waals surface area contributed by atoms with Gasteiger partial charge in [-0.25, -0.2) is 0 Å². The first-order valence-electron chi connectivity index (χ1n) is 2.94. The van der Waals surface area contributed by atoms with E-state index in [1.807, 2.05) is 0 Å². The van der Waals surface area contributed by atoms with E-state index in [1.165, 1.54) is 16.3 Å². The zero-order valence-electron chi connectivity index (χ0n) is 6.43. The molecule has 0 saturated carbocycles. The van der Waals surface area contributed by atoms with Crippen LogP contribution in [0.25, 0.3) is 0 Å². The van der Waals surface area contributed by atoms with Crippen LogP contribution in [0.2, 0.25) is 0 Å². The number of hydrogen-bond donors (Lipinski definition) is 0. The van der Waals surface area contributed by atoms with Crippen molar-refractivity contribution >= 4 is 25.4 Å². The van der Waals surface area contributed by atoms with Crippen LogP contribution in [0.15, 0.2) is 0 Å². The summed E-state index contributed by atoms with van der Waals surface area (Å²) < 4.78 is 4.45. The van der Waals surface area contributed by atoms with Crippen molar-refractivity contribution in [2.45, 2.75) is 13.3 Å². The summed E-state index contributed by atoms with van der Waals surface area (Å²) in [6.07, 6.45) is -0.214. The summed E-state index contributed by atoms with van der Waals surface area (Å²) in [6.45, 7) is 5.02. The Labute approximate surface area is 82.9 Å². The fourth-order valence-corrected chi connectivity index (χ4v) is 0.373. The fraction of sp³-hybridized carbons (Fsp3) is 0.500. The number of Topliss-reactive ketones (excluding diaryl/α,β-unsaturated/α-hetero) is 1. The third kappa shape index (κ3) is 13.2. The second-order valence-corrected chi connectivity index (χ2v) is 1.52. The molecule has 0 aromatic heterocycles. The monoisotopic (exact) mass is 272 g/mol. The molecule has 0 N–H and O–H groups in total. The average Bonchev–Trinajstić information content (AvgIpc) is 1.91. The molecule has 0 atom stereocenters. The van der Waals surface area contributed by atoms with Gasteiger partial charge in [0.1, 0.15) is 0 Å². The normalized spacial score (nSPS) is 7.64. The molecular weight excluding hydrogens is 265 g/mol. The SMILES string of the molecule is [CH2-]C(=O)CC(=O)OCC.[Zn+][Br]. The number of carbonyl (C=O) groups is 2. The predicted octanol–water partition coefficient (Wildman–Crippen LogP) is 1.19. The number of rotatable bonds is 3. The molecule has 0 unspecified atom stereocenters. The summed E-state index contributed by atoms with van der Waals surface area (Å²) in [5, 5.41) is 0. The Hall–Kier alpha value is 0.113. The van der Waals surface area contributed by atoms with Gasteiger partial charge in [-0.3, -0.25) is 4.79 Å². The van der Waals surface area contributed by atoms with Crippen molar-refractivity contribution in [2.75, 3.05) is 6.61 Å². The van der Waals surface area contributed by atoms with Crippen LogP contribution < -0.4 is 0 Å². The van der Waals surface area contributed by atoms with Crippen molar-refractivity contribution in [3.63, 3.8) is 0 Å². The maximum atomic E-state index is 10.4. The molecule has 0 aliphatic heterocycles. The first-order chi connectivity index (χ1) is 5.16. The maximum absolute atomic E-state index is 10.4. The van der Waals surface area contributed by atoms with Gasteiger partial charge in [-0.2, -0.15) is 0 Å². The van der Waals surface area contributed by atoms with Gasteiger partial charge in [0.25, 0.3) is 0 Å². The Kier molecular flexibility index (Phi) is 12.6. The third-order valence-corrected chi connectivity index (χ3v) is 0.647. The van der Waals surface area contributed by atoms with Gasteiger partial charge in [-0.05, 0) is 6.92 Å². The van der Waals surface area contributed by atoms with Crippen LogP contribution in [0, 0.1) is 6.92 Å². The van der Waals surface area contributed by atoms with Crippen LogP contribution in [-0.2, 0) is 30.7 Å². The molecule has 0 spiro atoms. The number of esters is 1. The molecule has 0 fully saturated rings. The number of hydrogen-bond acceptors (Lipinski definition) is 3. The van der Waals surface area contributed by atoms with Gasteiger partial charge < -0.3 is 16.5 Å². The first kappa shape index (κ1) is 13.7. The van der Waals surface area contributed by atoms with Crippen molar-refractivity contribution in [1.82, 2.24) is 0 Å². The molecule has 0 aliphatic rings. The van der Waals surface area contributed by atoms with E-state index in [0.717, 1.165) is 0 Å². The van der Waals surface area contributed by atoms with Gasteiger partial charge in [-0.1, -0.05) is 0 Å². The fourth-order valence-electron chi connectivity index (χ4n) is 0.373. The van der Waals surface area contributed by atoms with E-state index >= 15 is 0 Å². The number of ether oxygens (including phenoxy) is 1. The van der Waals surface area contributed by atoms with Crippen molar-refractivity contribution < 1.29 is 30.7 Å². The van der Waals surface area contributed by atoms with Crippen LogP contribution in [-0.4, -0.2) is 18.4 Å². The van der Waals surface area contributed by atoms with E-state index in [9.17, 15) is 9.59 Å². The summed E-state index contributed by atoms with van der Waals surface area (Å²) >= 11 is 4.25. The molecule has 0 rings (SSSR count). The van der Waals surface area contributed by atoms with Gasteiger partial charge in [0.05, 0.1) is 13.0 Å². The Morgan fingerprint density at radius 2 is 2.00 bits per heavy atom. The van der Waals surface area contributed by atoms with E-state index in [2.05, 4.69) is 25.3 Å². The van der Waals surface area contributed by atoms with Gasteiger partial charge in [0.15, 0.2) is 0 Å². The predicted molar refractivity (Wildman–Crippen MR) is 40.5 cm³/mol. The molecule has 0 heterocycles. The van der Waals surface area contributed by atoms with E-state index < -0.39 is 11.8 Å². The van der Waals surface area contributed by atoms with Crippen molar-refractivity contribution in [1.29, 1.82) is 0 Å². The van der Waals surface area contributed by atoms with Crippen molar-refractivity contribution in [3.05, 3.63) is 6.92 Å². The summed E-state index contributed by atoms with van der Waals surface area (Å²) in [5.74, 6) is -0.911. The molecule has 3 nitrogen and oxygen atoms in total. The van der Waals surface area contributed by atoms with Crippen LogP contribution in [0.4, 0.5) is 0 Å². The van der Waals surface area contributed by atoms with Gasteiger partial charge in [-0.15, -0.1) is 0 Å². The standard InChI is InChI=1S/C6H9O3.BrH.Zn/c1-3-9-6(8)4-5(2)7;;/h2-4H2,1H3;1H;/q-1;;+2/p-1. The van der Waals surface area contributed by atoms with E-state index in [1.54, 1.807) is 6.92 Å². The van der Waals surface area contributed by atoms with Crippen LogP contribution >= 0.6 is 13.6 Å². The Bertz CT molecular complexity index is 127. The minimum atomic E-state index is -0.502. The van der Waals surface area contributed by atoms with Crippen LogP contribution in [0.3, 0.4) is 0 Å². The van der Waals surface area contributed by atoms with E-state index in [0.29, 0.717) is 6.61 Å². The summed E-state index contributed by atoms with van der Waals surface area (Å²) in [6, 6.07) is 0. The minimum absolute atomic E-state index is 0.214. The first-order valence-corrected chi connectivity index (χ1v) is 9.88. The zero-order chi connectivity index (χ0) is 9.28. The van der Waals surface area contributed by atoms with Gasteiger partial charge in [0.2, 0.25) is 0 Å². The van der Waals surface area contributed by atoms with E-state index in [4.69, 9.17) is 0 Å². The molecular formula is C6H9BrO3Zn. The molecule has 0 radical (unpaired) electrons. The third-order valence-electron chi connectivity index (χ3n) is 0.647. The molecule has 0 aromatic carbocycles. The molecule has 0 aromatic rings. The van der Waals surface area contributed by atoms with Gasteiger partial charge >= 0.3 is 35.9 Å². The van der Waals surface area contributed by atoms with Crippen LogP contribution in [0.1, 0.15) is 13.3 Å². The molecule has 60 valence electrons. The molecule has 0 saturated heterocycles. The summed E-state index contributed by atoms with van der Waals surface area (Å²) in [4.78, 5) is 20.5. The Morgan fingerprint density at radius 3 is 2.27 bits per heavy atom. The number of ketones is 1. The second kappa shape index (κ2) is 10.1. The second-order valence-electron chi connectivity index (χ2n) is 1.52. The van der Waals surface area contributed by atoms with Crippen LogP contribution in [0.5, 0.6) is 0 Å². The summed E-state index contributed by atoms with van der Waals surface area (Å²) in [5.41, 5.74) is 0. The molecule has 0 amide bonds. The molecule has 5 heteroatoms. The van der Waals surface area contributed by atoms with Crippen molar-refractivity contribution in [3.8, 4) is 0 Å².